The molecule has 2 aromatic rings. The Balaban J connectivity index is 2.17. The molecule has 28 heavy (non-hydrogen) atoms. The summed E-state index contributed by atoms with van der Waals surface area (Å²) in [4.78, 5) is 36.3. The highest BCUT2D eigenvalue weighted by atomic mass is 35.5. The summed E-state index contributed by atoms with van der Waals surface area (Å²) in [6, 6.07) is 3.76. The first-order valence-corrected chi connectivity index (χ1v) is 9.09. The predicted octanol–water partition coefficient (Wildman–Crippen LogP) is 3.70. The minimum atomic E-state index is -0.856. The topological polar surface area (TPSA) is 107 Å². The minimum Gasteiger partial charge on any atom is -0.464 e. The van der Waals surface area contributed by atoms with E-state index in [4.69, 9.17) is 25.5 Å². The van der Waals surface area contributed by atoms with Crippen LogP contribution >= 0.6 is 11.6 Å². The van der Waals surface area contributed by atoms with Crippen LogP contribution in [0.3, 0.4) is 0 Å². The van der Waals surface area contributed by atoms with Crippen LogP contribution in [0.1, 0.15) is 34.6 Å². The van der Waals surface area contributed by atoms with Crippen molar-refractivity contribution >= 4 is 40.1 Å². The Morgan fingerprint density at radius 3 is 2.54 bits per heavy atom. The molecule has 9 heteroatoms. The molecule has 1 aromatic heterocycles. The maximum atomic E-state index is 12.3. The third kappa shape index (κ3) is 5.39. The van der Waals surface area contributed by atoms with Gasteiger partial charge >= 0.3 is 17.7 Å². The summed E-state index contributed by atoms with van der Waals surface area (Å²) in [5, 5.41) is 5.88. The Labute approximate surface area is 167 Å². The first-order chi connectivity index (χ1) is 13.0. The number of halogens is 1. The highest BCUT2D eigenvalue weighted by Gasteiger charge is 2.21. The zero-order valence-electron chi connectivity index (χ0n) is 16.3. The Morgan fingerprint density at radius 2 is 1.93 bits per heavy atom. The second kappa shape index (κ2) is 8.52. The molecule has 0 saturated carbocycles. The number of fused-ring (bicyclic) bond motifs is 1. The van der Waals surface area contributed by atoms with Gasteiger partial charge in [-0.2, -0.15) is 0 Å². The maximum Gasteiger partial charge on any atom is 0.408 e. The van der Waals surface area contributed by atoms with Crippen LogP contribution in [0, 0.1) is 0 Å². The van der Waals surface area contributed by atoms with Crippen molar-refractivity contribution < 1.29 is 23.5 Å². The Hall–Kier alpha value is -2.74. The van der Waals surface area contributed by atoms with Gasteiger partial charge in [-0.25, -0.2) is 9.59 Å². The molecule has 2 N–H and O–H groups in total. The van der Waals surface area contributed by atoms with E-state index in [0.29, 0.717) is 17.7 Å². The van der Waals surface area contributed by atoms with Crippen LogP contribution in [-0.2, 0) is 9.53 Å². The fourth-order valence-electron chi connectivity index (χ4n) is 2.30. The molecule has 2 rings (SSSR count). The van der Waals surface area contributed by atoms with Gasteiger partial charge in [0.25, 0.3) is 0 Å². The van der Waals surface area contributed by atoms with E-state index in [1.807, 2.05) is 0 Å². The van der Waals surface area contributed by atoms with Crippen LogP contribution in [0.15, 0.2) is 27.4 Å². The predicted molar refractivity (Wildman–Crippen MR) is 106 cm³/mol. The van der Waals surface area contributed by atoms with E-state index in [2.05, 4.69) is 10.6 Å². The summed E-state index contributed by atoms with van der Waals surface area (Å²) in [6.07, 6.45) is -0.704. The number of amides is 2. The summed E-state index contributed by atoms with van der Waals surface area (Å²) in [5.74, 6) is -0.528. The van der Waals surface area contributed by atoms with E-state index in [9.17, 15) is 14.4 Å². The molecule has 1 aromatic carbocycles. The van der Waals surface area contributed by atoms with Crippen molar-refractivity contribution in [1.82, 2.24) is 5.32 Å². The number of anilines is 1. The summed E-state index contributed by atoms with van der Waals surface area (Å²) < 4.78 is 15.4. The Kier molecular flexibility index (Phi) is 6.56. The molecule has 1 heterocycles. The van der Waals surface area contributed by atoms with Crippen LogP contribution in [0.4, 0.5) is 10.5 Å². The van der Waals surface area contributed by atoms with E-state index >= 15 is 0 Å². The van der Waals surface area contributed by atoms with Crippen LogP contribution in [0.2, 0.25) is 5.02 Å². The molecule has 0 fully saturated rings. The van der Waals surface area contributed by atoms with Gasteiger partial charge in [-0.05, 0) is 46.8 Å². The average molecular weight is 411 g/mol. The van der Waals surface area contributed by atoms with Crippen molar-refractivity contribution in [3.63, 3.8) is 0 Å². The van der Waals surface area contributed by atoms with Gasteiger partial charge in [-0.3, -0.25) is 4.79 Å². The summed E-state index contributed by atoms with van der Waals surface area (Å²) in [7, 11) is 0. The standard InChI is InChI=1S/C19H23ClN2O6/c1-6-26-17-14(20)12-8-7-11(9-13(12)16(24)27-17)22-15(23)10(2)21-18(25)28-19(3,4)5/h7-10H,6H2,1-5H3,(H,21,25)(H,22,23). The molecule has 0 bridgehead atoms. The van der Waals surface area contributed by atoms with Gasteiger partial charge in [0.2, 0.25) is 5.91 Å². The molecule has 0 radical (unpaired) electrons. The van der Waals surface area contributed by atoms with Crippen LogP contribution in [0.25, 0.3) is 10.8 Å². The largest absolute Gasteiger partial charge is 0.464 e. The SMILES string of the molecule is CCOc1oc(=O)c2cc(NC(=O)C(C)NC(=O)OC(C)(C)C)ccc2c1Cl. The first kappa shape index (κ1) is 21.6. The number of ether oxygens (including phenoxy) is 2. The highest BCUT2D eigenvalue weighted by molar-refractivity contribution is 6.36. The quantitative estimate of drug-likeness (QED) is 0.778. The van der Waals surface area contributed by atoms with E-state index in [1.54, 1.807) is 39.8 Å². The number of alkyl carbamates (subject to hydrolysis) is 1. The van der Waals surface area contributed by atoms with Crippen molar-refractivity contribution in [2.45, 2.75) is 46.3 Å². The lowest BCUT2D eigenvalue weighted by Gasteiger charge is -2.21. The molecule has 152 valence electrons. The number of carbonyl (C=O) groups excluding carboxylic acids is 2. The van der Waals surface area contributed by atoms with Gasteiger partial charge in [-0.1, -0.05) is 17.7 Å². The van der Waals surface area contributed by atoms with E-state index in [1.165, 1.54) is 13.0 Å². The third-order valence-corrected chi connectivity index (χ3v) is 3.87. The second-order valence-electron chi connectivity index (χ2n) is 7.04. The molecule has 0 aliphatic heterocycles. The lowest BCUT2D eigenvalue weighted by atomic mass is 10.1. The number of rotatable bonds is 5. The molecule has 0 saturated heterocycles. The maximum absolute atomic E-state index is 12.3. The molecular weight excluding hydrogens is 388 g/mol. The number of nitrogens with one attached hydrogen (secondary N) is 2. The normalized spacial score (nSPS) is 12.4. The Bertz CT molecular complexity index is 948. The first-order valence-electron chi connectivity index (χ1n) is 8.71. The summed E-state index contributed by atoms with van der Waals surface area (Å²) in [6.45, 7) is 8.72. The number of carbonyl (C=O) groups is 2. The molecule has 1 unspecified atom stereocenters. The molecule has 2 amide bonds. The average Bonchev–Trinajstić information content (AvgIpc) is 2.57. The van der Waals surface area contributed by atoms with E-state index in [0.717, 1.165) is 0 Å². The van der Waals surface area contributed by atoms with Crippen molar-refractivity contribution in [2.75, 3.05) is 11.9 Å². The molecule has 0 spiro atoms. The van der Waals surface area contributed by atoms with Gasteiger partial charge in [0, 0.05) is 11.1 Å². The van der Waals surface area contributed by atoms with E-state index in [-0.39, 0.29) is 16.4 Å². The van der Waals surface area contributed by atoms with Crippen molar-refractivity contribution in [1.29, 1.82) is 0 Å². The molecule has 0 aliphatic rings. The smallest absolute Gasteiger partial charge is 0.408 e. The lowest BCUT2D eigenvalue weighted by Crippen LogP contribution is -2.43. The highest BCUT2D eigenvalue weighted by Crippen LogP contribution is 2.31. The monoisotopic (exact) mass is 410 g/mol. The molecule has 1 atom stereocenters. The number of hydrogen-bond acceptors (Lipinski definition) is 6. The van der Waals surface area contributed by atoms with Gasteiger partial charge in [0.05, 0.1) is 12.0 Å². The van der Waals surface area contributed by atoms with Crippen LogP contribution in [-0.4, -0.2) is 30.3 Å². The van der Waals surface area contributed by atoms with Crippen molar-refractivity contribution in [3.05, 3.63) is 33.6 Å². The zero-order chi connectivity index (χ0) is 21.1. The number of benzene rings is 1. The second-order valence-corrected chi connectivity index (χ2v) is 7.42. The zero-order valence-corrected chi connectivity index (χ0v) is 17.1. The van der Waals surface area contributed by atoms with E-state index < -0.39 is 29.3 Å². The molecule has 0 aliphatic carbocycles. The number of hydrogen-bond donors (Lipinski definition) is 2. The van der Waals surface area contributed by atoms with Crippen LogP contribution in [0.5, 0.6) is 5.95 Å². The van der Waals surface area contributed by atoms with Crippen molar-refractivity contribution in [3.8, 4) is 5.95 Å². The van der Waals surface area contributed by atoms with Gasteiger partial charge in [0.15, 0.2) is 0 Å². The fraction of sp³-hybridized carbons (Fsp3) is 0.421. The summed E-state index contributed by atoms with van der Waals surface area (Å²) in [5.41, 5.74) is -0.964. The van der Waals surface area contributed by atoms with Gasteiger partial charge < -0.3 is 24.5 Å². The third-order valence-electron chi connectivity index (χ3n) is 3.51. The minimum absolute atomic E-state index is 0.0476. The molecule has 8 nitrogen and oxygen atoms in total. The van der Waals surface area contributed by atoms with Crippen LogP contribution < -0.4 is 21.0 Å². The van der Waals surface area contributed by atoms with Gasteiger partial charge in [0.1, 0.15) is 16.7 Å². The fourth-order valence-corrected chi connectivity index (χ4v) is 2.56. The van der Waals surface area contributed by atoms with Gasteiger partial charge in [-0.15, -0.1) is 0 Å². The van der Waals surface area contributed by atoms with Crippen molar-refractivity contribution in [2.24, 2.45) is 0 Å². The molecular formula is C19H23ClN2O6. The Morgan fingerprint density at radius 1 is 1.25 bits per heavy atom. The lowest BCUT2D eigenvalue weighted by molar-refractivity contribution is -0.117. The summed E-state index contributed by atoms with van der Waals surface area (Å²) >= 11 is 6.20.